The third-order valence-electron chi connectivity index (χ3n) is 3.36. The molecule has 0 rings (SSSR count). The zero-order valence-corrected chi connectivity index (χ0v) is 16.4. The van der Waals surface area contributed by atoms with Gasteiger partial charge in [0.25, 0.3) is 0 Å². The van der Waals surface area contributed by atoms with Crippen LogP contribution in [0.15, 0.2) is 12.2 Å². The molecule has 0 amide bonds. The molecule has 0 aliphatic carbocycles. The quantitative estimate of drug-likeness (QED) is 0.158. The van der Waals surface area contributed by atoms with Gasteiger partial charge in [-0.3, -0.25) is 9.59 Å². The van der Waals surface area contributed by atoms with Gasteiger partial charge in [0, 0.05) is 19.8 Å². The average molecular weight is 376 g/mol. The van der Waals surface area contributed by atoms with Gasteiger partial charge in [0.05, 0.1) is 19.4 Å². The first-order valence-corrected chi connectivity index (χ1v) is 10.5. The van der Waals surface area contributed by atoms with E-state index < -0.39 is 26.5 Å². The Morgan fingerprint density at radius 3 is 1.84 bits per heavy atom. The fourth-order valence-corrected chi connectivity index (χ4v) is 2.99. The molecule has 0 fully saturated rings. The van der Waals surface area contributed by atoms with Gasteiger partial charge in [0.2, 0.25) is 0 Å². The van der Waals surface area contributed by atoms with E-state index in [0.29, 0.717) is 12.5 Å². The maximum absolute atomic E-state index is 11.5. The molecule has 0 heterocycles. The number of carbonyl (C=O) groups excluding carboxylic acids is 3. The van der Waals surface area contributed by atoms with Crippen LogP contribution in [0.25, 0.3) is 0 Å². The Morgan fingerprint density at radius 1 is 0.880 bits per heavy atom. The Bertz CT molecular complexity index is 459. The smallest absolute Gasteiger partial charge is 0.334 e. The summed E-state index contributed by atoms with van der Waals surface area (Å²) in [7, 11) is 1.06. The van der Waals surface area contributed by atoms with Gasteiger partial charge in [-0.05, 0) is 25.9 Å². The summed E-state index contributed by atoms with van der Waals surface area (Å²) < 4.78 is 25.3. The largest absolute Gasteiger partial charge is 0.466 e. The van der Waals surface area contributed by atoms with Gasteiger partial charge in [-0.25, -0.2) is 4.79 Å². The number of hydrogen-bond donors (Lipinski definition) is 0. The van der Waals surface area contributed by atoms with E-state index in [1.165, 1.54) is 6.92 Å². The van der Waals surface area contributed by atoms with Crippen molar-refractivity contribution < 1.29 is 37.4 Å². The van der Waals surface area contributed by atoms with Crippen molar-refractivity contribution in [3.8, 4) is 0 Å². The van der Waals surface area contributed by atoms with Crippen LogP contribution in [0.3, 0.4) is 0 Å². The van der Waals surface area contributed by atoms with Crippen molar-refractivity contribution in [2.24, 2.45) is 0 Å². The van der Waals surface area contributed by atoms with Gasteiger partial charge in [0.1, 0.15) is 13.2 Å². The Kier molecular flexibility index (Phi) is 11.8. The van der Waals surface area contributed by atoms with Crippen molar-refractivity contribution in [3.05, 3.63) is 12.2 Å². The van der Waals surface area contributed by atoms with E-state index >= 15 is 0 Å². The molecule has 9 heteroatoms. The van der Waals surface area contributed by atoms with E-state index in [9.17, 15) is 14.4 Å². The maximum atomic E-state index is 11.5. The van der Waals surface area contributed by atoms with Crippen LogP contribution in [0, 0.1) is 0 Å². The predicted molar refractivity (Wildman–Crippen MR) is 92.0 cm³/mol. The Labute approximate surface area is 149 Å². The van der Waals surface area contributed by atoms with Crippen LogP contribution < -0.4 is 0 Å². The van der Waals surface area contributed by atoms with Crippen molar-refractivity contribution >= 4 is 26.5 Å². The maximum Gasteiger partial charge on any atom is 0.334 e. The minimum atomic E-state index is -2.15. The normalized spacial score (nSPS) is 10.9. The Morgan fingerprint density at radius 2 is 1.36 bits per heavy atom. The third kappa shape index (κ3) is 11.5. The van der Waals surface area contributed by atoms with Gasteiger partial charge in [-0.2, -0.15) is 0 Å². The van der Waals surface area contributed by atoms with E-state index in [1.807, 2.05) is 6.55 Å². The van der Waals surface area contributed by atoms with E-state index in [2.05, 4.69) is 6.58 Å². The van der Waals surface area contributed by atoms with Crippen LogP contribution in [0.5, 0.6) is 0 Å². The van der Waals surface area contributed by atoms with Gasteiger partial charge < -0.3 is 23.1 Å². The second kappa shape index (κ2) is 12.6. The fourth-order valence-electron chi connectivity index (χ4n) is 1.63. The molecule has 0 N–H and O–H groups in total. The van der Waals surface area contributed by atoms with Gasteiger partial charge >= 0.3 is 26.5 Å². The topological polar surface area (TPSA) is 97.4 Å². The summed E-state index contributed by atoms with van der Waals surface area (Å²) in [5, 5.41) is 0. The predicted octanol–water partition coefficient (Wildman–Crippen LogP) is 1.73. The number of esters is 3. The first-order chi connectivity index (χ1) is 11.7. The second-order valence-electron chi connectivity index (χ2n) is 5.50. The second-order valence-corrected chi connectivity index (χ2v) is 9.09. The molecule has 0 aromatic rings. The SMILES string of the molecule is C=C(C)C(=O)OCCOC(=O)CCC(=O)OCCC[Si](C)(OC)OC. The lowest BCUT2D eigenvalue weighted by molar-refractivity contribution is -0.153. The van der Waals surface area contributed by atoms with Crippen LogP contribution in [0.4, 0.5) is 0 Å². The molecule has 0 saturated carbocycles. The molecule has 144 valence electrons. The van der Waals surface area contributed by atoms with Gasteiger partial charge in [-0.1, -0.05) is 6.58 Å². The van der Waals surface area contributed by atoms with Crippen molar-refractivity contribution in [2.75, 3.05) is 34.0 Å². The van der Waals surface area contributed by atoms with Crippen LogP contribution in [-0.4, -0.2) is 60.5 Å². The molecular formula is C16H28O8Si. The van der Waals surface area contributed by atoms with Crippen LogP contribution >= 0.6 is 0 Å². The number of rotatable bonds is 13. The summed E-state index contributed by atoms with van der Waals surface area (Å²) in [5.41, 5.74) is 0.271. The summed E-state index contributed by atoms with van der Waals surface area (Å²) in [4.78, 5) is 34.1. The van der Waals surface area contributed by atoms with Crippen LogP contribution in [0.1, 0.15) is 26.2 Å². The highest BCUT2D eigenvalue weighted by Gasteiger charge is 2.27. The van der Waals surface area contributed by atoms with Crippen molar-refractivity contribution in [1.29, 1.82) is 0 Å². The minimum Gasteiger partial charge on any atom is -0.466 e. The van der Waals surface area contributed by atoms with Crippen molar-refractivity contribution in [2.45, 2.75) is 38.8 Å². The molecule has 0 radical (unpaired) electrons. The molecular weight excluding hydrogens is 348 g/mol. The molecule has 0 aromatic heterocycles. The van der Waals surface area contributed by atoms with Gasteiger partial charge in [-0.15, -0.1) is 0 Å². The lowest BCUT2D eigenvalue weighted by atomic mass is 10.3. The zero-order valence-electron chi connectivity index (χ0n) is 15.4. The number of carbonyl (C=O) groups is 3. The number of ether oxygens (including phenoxy) is 3. The van der Waals surface area contributed by atoms with Crippen LogP contribution in [0.2, 0.25) is 12.6 Å². The third-order valence-corrected chi connectivity index (χ3v) is 6.35. The van der Waals surface area contributed by atoms with E-state index in [1.54, 1.807) is 14.2 Å². The first-order valence-electron chi connectivity index (χ1n) is 7.98. The summed E-state index contributed by atoms with van der Waals surface area (Å²) in [6.07, 6.45) is 0.484. The fraction of sp³-hybridized carbons (Fsp3) is 0.688. The van der Waals surface area contributed by atoms with Gasteiger partial charge in [0.15, 0.2) is 0 Å². The molecule has 0 atom stereocenters. The van der Waals surface area contributed by atoms with E-state index in [4.69, 9.17) is 23.1 Å². The standard InChI is InChI=1S/C16H28O8Si/c1-13(2)16(19)24-11-10-23-15(18)8-7-14(17)22-9-6-12-25(5,20-3)21-4/h1,6-12H2,2-5H3. The first kappa shape index (κ1) is 23.3. The zero-order chi connectivity index (χ0) is 19.3. The van der Waals surface area contributed by atoms with Crippen molar-refractivity contribution in [3.63, 3.8) is 0 Å². The molecule has 0 spiro atoms. The molecule has 0 bridgehead atoms. The highest BCUT2D eigenvalue weighted by molar-refractivity contribution is 6.65. The lowest BCUT2D eigenvalue weighted by Crippen LogP contribution is -2.36. The lowest BCUT2D eigenvalue weighted by Gasteiger charge is -2.22. The molecule has 25 heavy (non-hydrogen) atoms. The van der Waals surface area contributed by atoms with Crippen molar-refractivity contribution in [1.82, 2.24) is 0 Å². The average Bonchev–Trinajstić information content (AvgIpc) is 2.60. The molecule has 0 aromatic carbocycles. The van der Waals surface area contributed by atoms with Crippen LogP contribution in [-0.2, 0) is 37.4 Å². The molecule has 0 saturated heterocycles. The summed E-state index contributed by atoms with van der Waals surface area (Å²) in [6, 6.07) is 0.707. The number of hydrogen-bond acceptors (Lipinski definition) is 8. The monoisotopic (exact) mass is 376 g/mol. The van der Waals surface area contributed by atoms with E-state index in [0.717, 1.165) is 0 Å². The molecule has 0 aliphatic heterocycles. The minimum absolute atomic E-state index is 0.0520. The highest BCUT2D eigenvalue weighted by atomic mass is 28.4. The molecule has 0 aliphatic rings. The summed E-state index contributed by atoms with van der Waals surface area (Å²) in [5.74, 6) is -1.56. The Hall–Kier alpha value is -1.71. The highest BCUT2D eigenvalue weighted by Crippen LogP contribution is 2.13. The molecule has 0 unspecified atom stereocenters. The molecule has 8 nitrogen and oxygen atoms in total. The Balaban J connectivity index is 3.72. The summed E-state index contributed by atoms with van der Waals surface area (Å²) in [6.45, 7) is 7.01. The van der Waals surface area contributed by atoms with E-state index in [-0.39, 0.29) is 38.2 Å². The summed E-state index contributed by atoms with van der Waals surface area (Å²) >= 11 is 0.